The molecule has 1 heterocycles. The number of hydrogen-bond donors (Lipinski definition) is 0. The fourth-order valence-corrected chi connectivity index (χ4v) is 4.98. The minimum absolute atomic E-state index is 0.362. The van der Waals surface area contributed by atoms with Crippen LogP contribution in [0.2, 0.25) is 5.02 Å². The Labute approximate surface area is 179 Å². The first-order valence-corrected chi connectivity index (χ1v) is 10.4. The van der Waals surface area contributed by atoms with E-state index in [-0.39, 0.29) is 5.82 Å². The number of hydrogen-bond acceptors (Lipinski definition) is 2. The molecule has 2 aliphatic rings. The molecule has 0 unspecified atom stereocenters. The van der Waals surface area contributed by atoms with Crippen molar-refractivity contribution >= 4 is 29.1 Å². The first-order chi connectivity index (χ1) is 14.1. The second-order valence-electron chi connectivity index (χ2n) is 7.67. The first-order valence-electron chi connectivity index (χ1n) is 9.64. The van der Waals surface area contributed by atoms with E-state index in [9.17, 15) is 4.39 Å². The van der Waals surface area contributed by atoms with Crippen LogP contribution in [0.4, 0.5) is 4.39 Å². The molecular formula is C24H18Cl2FNO. The van der Waals surface area contributed by atoms with Gasteiger partial charge in [0.1, 0.15) is 17.3 Å². The Morgan fingerprint density at radius 2 is 1.62 bits per heavy atom. The number of rotatable bonds is 1. The van der Waals surface area contributed by atoms with Crippen LogP contribution in [0.25, 0.3) is 11.1 Å². The molecule has 0 bridgehead atoms. The third-order valence-corrected chi connectivity index (χ3v) is 6.35. The molecule has 1 spiro atoms. The molecule has 0 aromatic heterocycles. The van der Waals surface area contributed by atoms with E-state index in [2.05, 4.69) is 28.8 Å². The van der Waals surface area contributed by atoms with E-state index in [0.717, 1.165) is 48.3 Å². The molecule has 0 N–H and O–H groups in total. The van der Waals surface area contributed by atoms with Gasteiger partial charge in [-0.2, -0.15) is 4.51 Å². The normalized spacial score (nSPS) is 18.2. The third-order valence-electron chi connectivity index (χ3n) is 5.97. The molecule has 2 nitrogen and oxygen atoms in total. The van der Waals surface area contributed by atoms with E-state index in [0.29, 0.717) is 10.6 Å². The monoisotopic (exact) mass is 425 g/mol. The second kappa shape index (κ2) is 7.16. The van der Waals surface area contributed by atoms with Gasteiger partial charge in [0.05, 0.1) is 0 Å². The van der Waals surface area contributed by atoms with Gasteiger partial charge >= 0.3 is 0 Å². The molecule has 0 fully saturated rings. The maximum atomic E-state index is 13.8. The van der Waals surface area contributed by atoms with E-state index in [1.165, 1.54) is 23.3 Å². The SMILES string of the molecule is Fc1cc(Cl)cc(-c2ccc3c(c2)/C(=N/Cl)C2(CCc4ccccc4CC2)O3)c1. The van der Waals surface area contributed by atoms with Gasteiger partial charge in [-0.15, -0.1) is 0 Å². The van der Waals surface area contributed by atoms with E-state index in [4.69, 9.17) is 28.1 Å². The van der Waals surface area contributed by atoms with Crippen molar-refractivity contribution in [2.75, 3.05) is 0 Å². The van der Waals surface area contributed by atoms with Gasteiger partial charge in [-0.25, -0.2) is 4.39 Å². The van der Waals surface area contributed by atoms with Crippen LogP contribution in [0, 0.1) is 5.82 Å². The molecule has 3 aromatic carbocycles. The molecule has 3 aromatic rings. The van der Waals surface area contributed by atoms with Gasteiger partial charge in [0.15, 0.2) is 5.60 Å². The molecule has 0 atom stereocenters. The number of benzene rings is 3. The second-order valence-corrected chi connectivity index (χ2v) is 8.27. The minimum Gasteiger partial charge on any atom is -0.480 e. The number of fused-ring (bicyclic) bond motifs is 2. The summed E-state index contributed by atoms with van der Waals surface area (Å²) in [6.07, 6.45) is 3.44. The molecule has 29 heavy (non-hydrogen) atoms. The maximum Gasteiger partial charge on any atom is 0.153 e. The fourth-order valence-electron chi connectivity index (χ4n) is 4.51. The van der Waals surface area contributed by atoms with Crippen molar-refractivity contribution in [1.82, 2.24) is 0 Å². The van der Waals surface area contributed by atoms with Crippen LogP contribution in [0.15, 0.2) is 65.2 Å². The van der Waals surface area contributed by atoms with Gasteiger partial charge in [-0.1, -0.05) is 41.9 Å². The van der Waals surface area contributed by atoms with E-state index >= 15 is 0 Å². The van der Waals surface area contributed by atoms with Crippen molar-refractivity contribution in [2.24, 2.45) is 4.51 Å². The highest BCUT2D eigenvalue weighted by molar-refractivity contribution is 6.31. The Morgan fingerprint density at radius 3 is 2.28 bits per heavy atom. The average Bonchev–Trinajstić information content (AvgIpc) is 2.90. The Kier molecular flexibility index (Phi) is 4.60. The molecule has 5 heteroatoms. The predicted molar refractivity (Wildman–Crippen MR) is 116 cm³/mol. The summed E-state index contributed by atoms with van der Waals surface area (Å²) >= 11 is 12.1. The molecule has 0 amide bonds. The maximum absolute atomic E-state index is 13.8. The van der Waals surface area contributed by atoms with Crippen LogP contribution in [-0.2, 0) is 12.8 Å². The Hall–Kier alpha value is -2.36. The lowest BCUT2D eigenvalue weighted by Gasteiger charge is -2.27. The number of ether oxygens (including phenoxy) is 1. The zero-order valence-electron chi connectivity index (χ0n) is 15.6. The summed E-state index contributed by atoms with van der Waals surface area (Å²) in [7, 11) is 0. The van der Waals surface area contributed by atoms with Gasteiger partial charge in [0.25, 0.3) is 0 Å². The molecular weight excluding hydrogens is 408 g/mol. The minimum atomic E-state index is -0.540. The summed E-state index contributed by atoms with van der Waals surface area (Å²) in [5, 5.41) is 0.362. The average molecular weight is 426 g/mol. The van der Waals surface area contributed by atoms with Gasteiger partial charge in [-0.05, 0) is 78.3 Å². The van der Waals surface area contributed by atoms with Gasteiger partial charge in [-0.3, -0.25) is 0 Å². The van der Waals surface area contributed by atoms with E-state index < -0.39 is 5.60 Å². The van der Waals surface area contributed by atoms with Crippen molar-refractivity contribution in [3.63, 3.8) is 0 Å². The molecule has 0 radical (unpaired) electrons. The Balaban J connectivity index is 1.53. The van der Waals surface area contributed by atoms with Gasteiger partial charge < -0.3 is 4.74 Å². The third kappa shape index (κ3) is 3.23. The van der Waals surface area contributed by atoms with E-state index in [1.807, 2.05) is 18.2 Å². The smallest absolute Gasteiger partial charge is 0.153 e. The van der Waals surface area contributed by atoms with Crippen molar-refractivity contribution in [2.45, 2.75) is 31.3 Å². The van der Waals surface area contributed by atoms with Gasteiger partial charge in [0.2, 0.25) is 0 Å². The summed E-state index contributed by atoms with van der Waals surface area (Å²) in [4.78, 5) is 0. The van der Waals surface area contributed by atoms with Gasteiger partial charge in [0, 0.05) is 22.4 Å². The highest BCUT2D eigenvalue weighted by Crippen LogP contribution is 2.44. The van der Waals surface area contributed by atoms with Crippen LogP contribution < -0.4 is 4.74 Å². The standard InChI is InChI=1S/C24H18Cl2FNO/c25-19-11-18(12-20(27)14-19)17-5-6-22-21(13-17)23(28-26)24(29-22)9-7-15-3-1-2-4-16(15)8-10-24/h1-6,11-14H,7-10H2/b28-23-. The van der Waals surface area contributed by atoms with E-state index in [1.54, 1.807) is 6.07 Å². The van der Waals surface area contributed by atoms with Crippen molar-refractivity contribution in [3.05, 3.63) is 88.2 Å². The zero-order chi connectivity index (χ0) is 20.0. The lowest BCUT2D eigenvalue weighted by atomic mass is 9.86. The van der Waals surface area contributed by atoms with Crippen LogP contribution in [0.3, 0.4) is 0 Å². The molecule has 146 valence electrons. The predicted octanol–water partition coefficient (Wildman–Crippen LogP) is 6.80. The number of aryl methyl sites for hydroxylation is 2. The Bertz CT molecular complexity index is 1090. The highest BCUT2D eigenvalue weighted by atomic mass is 35.5. The summed E-state index contributed by atoms with van der Waals surface area (Å²) in [5.41, 5.74) is 5.35. The lowest BCUT2D eigenvalue weighted by molar-refractivity contribution is 0.138. The van der Waals surface area contributed by atoms with Crippen molar-refractivity contribution in [3.8, 4) is 16.9 Å². The van der Waals surface area contributed by atoms with Crippen LogP contribution in [-0.4, -0.2) is 11.3 Å². The molecule has 0 saturated heterocycles. The summed E-state index contributed by atoms with van der Waals surface area (Å²) < 4.78 is 24.5. The molecule has 1 aliphatic carbocycles. The van der Waals surface area contributed by atoms with Crippen molar-refractivity contribution < 1.29 is 9.13 Å². The number of halogens is 3. The Morgan fingerprint density at radius 1 is 0.897 bits per heavy atom. The zero-order valence-corrected chi connectivity index (χ0v) is 17.1. The summed E-state index contributed by atoms with van der Waals surface area (Å²) in [6, 6.07) is 18.8. The molecule has 0 saturated carbocycles. The summed E-state index contributed by atoms with van der Waals surface area (Å²) in [5.74, 6) is 0.398. The van der Waals surface area contributed by atoms with Crippen molar-refractivity contribution in [1.29, 1.82) is 0 Å². The highest BCUT2D eigenvalue weighted by Gasteiger charge is 2.46. The summed E-state index contributed by atoms with van der Waals surface area (Å²) in [6.45, 7) is 0. The van der Waals surface area contributed by atoms with Crippen LogP contribution in [0.5, 0.6) is 5.75 Å². The molecule has 1 aliphatic heterocycles. The number of nitrogens with zero attached hydrogens (tertiary/aromatic N) is 1. The fraction of sp³-hybridized carbons (Fsp3) is 0.208. The van der Waals surface area contributed by atoms with Crippen LogP contribution in [0.1, 0.15) is 29.5 Å². The largest absolute Gasteiger partial charge is 0.480 e. The topological polar surface area (TPSA) is 21.6 Å². The van der Waals surface area contributed by atoms with Crippen LogP contribution >= 0.6 is 23.4 Å². The quantitative estimate of drug-likeness (QED) is 0.419. The lowest BCUT2D eigenvalue weighted by Crippen LogP contribution is -2.40. The first kappa shape index (κ1) is 18.7. The molecule has 5 rings (SSSR count).